The molecule has 10 heteroatoms. The topological polar surface area (TPSA) is 139 Å². The molecule has 10 nitrogen and oxygen atoms in total. The van der Waals surface area contributed by atoms with E-state index < -0.39 is 76.4 Å². The molecule has 0 unspecified atom stereocenters. The number of hydrogen-bond donors (Lipinski definition) is 0. The van der Waals surface area contributed by atoms with Crippen LogP contribution in [-0.2, 0) is 47.7 Å². The molecule has 4 bridgehead atoms. The van der Waals surface area contributed by atoms with Crippen molar-refractivity contribution < 1.29 is 47.7 Å². The molecule has 29 heavy (non-hydrogen) atoms. The Bertz CT molecular complexity index is 778. The van der Waals surface area contributed by atoms with Gasteiger partial charge in [-0.25, -0.2) is 0 Å². The lowest BCUT2D eigenvalue weighted by atomic mass is 9.44. The second-order valence-electron chi connectivity index (χ2n) is 7.98. The van der Waals surface area contributed by atoms with Crippen molar-refractivity contribution in [2.75, 3.05) is 28.4 Å². The minimum atomic E-state index is -2.06. The number of carbonyl (C=O) groups is 6. The van der Waals surface area contributed by atoms with Crippen LogP contribution < -0.4 is 0 Å². The van der Waals surface area contributed by atoms with Crippen molar-refractivity contribution in [2.24, 2.45) is 21.7 Å². The minimum absolute atomic E-state index is 0.253. The summed E-state index contributed by atoms with van der Waals surface area (Å²) in [5.74, 6) is -5.60. The van der Waals surface area contributed by atoms with Crippen molar-refractivity contribution in [1.82, 2.24) is 0 Å². The molecule has 0 aromatic heterocycles. The van der Waals surface area contributed by atoms with Gasteiger partial charge in [-0.15, -0.1) is 0 Å². The zero-order chi connectivity index (χ0) is 21.8. The molecule has 0 N–H and O–H groups in total. The molecule has 0 aliphatic heterocycles. The van der Waals surface area contributed by atoms with Gasteiger partial charge in [-0.3, -0.25) is 28.8 Å². The summed E-state index contributed by atoms with van der Waals surface area (Å²) in [6.45, 7) is 0. The monoisotopic (exact) mass is 410 g/mol. The molecule has 0 amide bonds. The van der Waals surface area contributed by atoms with E-state index in [4.69, 9.17) is 18.9 Å². The Morgan fingerprint density at radius 3 is 1.07 bits per heavy atom. The average molecular weight is 410 g/mol. The number of Topliss-reactive ketones (excluding diaryl/α,β-unsaturated/α-hetero) is 2. The van der Waals surface area contributed by atoms with Crippen molar-refractivity contribution in [3.63, 3.8) is 0 Å². The van der Waals surface area contributed by atoms with Crippen molar-refractivity contribution in [3.8, 4) is 0 Å². The third-order valence-electron chi connectivity index (χ3n) is 6.83. The minimum Gasteiger partial charge on any atom is -0.468 e. The molecular formula is C19H22O10. The number of rotatable bonds is 4. The molecule has 158 valence electrons. The molecule has 4 aliphatic carbocycles. The Hall–Kier alpha value is -2.78. The van der Waals surface area contributed by atoms with E-state index in [-0.39, 0.29) is 12.8 Å². The van der Waals surface area contributed by atoms with Crippen LogP contribution in [0.25, 0.3) is 0 Å². The number of esters is 4. The first-order chi connectivity index (χ1) is 13.6. The van der Waals surface area contributed by atoms with Gasteiger partial charge in [0, 0.05) is 0 Å². The van der Waals surface area contributed by atoms with Gasteiger partial charge in [-0.1, -0.05) is 0 Å². The zero-order valence-electron chi connectivity index (χ0n) is 16.6. The summed E-state index contributed by atoms with van der Waals surface area (Å²) >= 11 is 0. The molecule has 0 radical (unpaired) electrons. The summed E-state index contributed by atoms with van der Waals surface area (Å²) in [7, 11) is 4.23. The zero-order valence-corrected chi connectivity index (χ0v) is 16.6. The highest BCUT2D eigenvalue weighted by Crippen LogP contribution is 2.68. The van der Waals surface area contributed by atoms with Crippen LogP contribution in [0.15, 0.2) is 0 Å². The Labute approximate surface area is 166 Å². The largest absolute Gasteiger partial charge is 0.468 e. The third-order valence-corrected chi connectivity index (χ3v) is 6.83. The van der Waals surface area contributed by atoms with Crippen LogP contribution in [0.3, 0.4) is 0 Å². The lowest BCUT2D eigenvalue weighted by Crippen LogP contribution is -2.69. The lowest BCUT2D eigenvalue weighted by Gasteiger charge is -2.53. The predicted octanol–water partition coefficient (Wildman–Crippen LogP) is -0.246. The number of methoxy groups -OCH3 is 4. The maximum absolute atomic E-state index is 13.6. The van der Waals surface area contributed by atoms with Crippen molar-refractivity contribution >= 4 is 35.4 Å². The fourth-order valence-corrected chi connectivity index (χ4v) is 5.69. The van der Waals surface area contributed by atoms with Gasteiger partial charge in [0.2, 0.25) is 0 Å². The molecular weight excluding hydrogens is 388 g/mol. The number of hydrogen-bond acceptors (Lipinski definition) is 10. The molecule has 0 aromatic carbocycles. The maximum atomic E-state index is 13.6. The summed E-state index contributed by atoms with van der Waals surface area (Å²) in [5, 5.41) is 0. The first-order valence-electron chi connectivity index (χ1n) is 9.00. The van der Waals surface area contributed by atoms with Crippen LogP contribution >= 0.6 is 0 Å². The molecule has 4 saturated carbocycles. The predicted molar refractivity (Wildman–Crippen MR) is 90.9 cm³/mol. The van der Waals surface area contributed by atoms with Crippen molar-refractivity contribution in [2.45, 2.75) is 32.1 Å². The van der Waals surface area contributed by atoms with E-state index in [1.807, 2.05) is 0 Å². The SMILES string of the molecule is COC(=O)[C@@]12C[C@]3(C(=O)OC)C[C@](C(=O)OC)(CC[C@](C(=O)OC)(C1)C3=O)C2=O. The second kappa shape index (κ2) is 6.36. The maximum Gasteiger partial charge on any atom is 0.319 e. The fourth-order valence-electron chi connectivity index (χ4n) is 5.69. The van der Waals surface area contributed by atoms with E-state index in [0.717, 1.165) is 28.4 Å². The molecule has 4 fully saturated rings. The summed E-state index contributed by atoms with van der Waals surface area (Å²) < 4.78 is 19.4. The van der Waals surface area contributed by atoms with Gasteiger partial charge in [-0.05, 0) is 32.1 Å². The number of ether oxygens (including phenoxy) is 4. The molecule has 4 rings (SSSR count). The molecule has 0 heterocycles. The number of ketones is 2. The van der Waals surface area contributed by atoms with E-state index in [9.17, 15) is 28.8 Å². The van der Waals surface area contributed by atoms with Crippen molar-refractivity contribution in [3.05, 3.63) is 0 Å². The Kier molecular flexibility index (Phi) is 4.59. The van der Waals surface area contributed by atoms with Gasteiger partial charge in [-0.2, -0.15) is 0 Å². The van der Waals surface area contributed by atoms with Gasteiger partial charge in [0.05, 0.1) is 28.4 Å². The van der Waals surface area contributed by atoms with Gasteiger partial charge in [0.25, 0.3) is 0 Å². The highest BCUT2D eigenvalue weighted by atomic mass is 16.5. The molecule has 0 saturated heterocycles. The van der Waals surface area contributed by atoms with Gasteiger partial charge in [0.1, 0.15) is 21.7 Å². The summed E-state index contributed by atoms with van der Waals surface area (Å²) in [6.07, 6.45) is -2.11. The summed E-state index contributed by atoms with van der Waals surface area (Å²) in [6, 6.07) is 0. The smallest absolute Gasteiger partial charge is 0.319 e. The van der Waals surface area contributed by atoms with Crippen LogP contribution in [0.1, 0.15) is 32.1 Å². The van der Waals surface area contributed by atoms with E-state index >= 15 is 0 Å². The van der Waals surface area contributed by atoms with Crippen LogP contribution in [0.2, 0.25) is 0 Å². The summed E-state index contributed by atoms with van der Waals surface area (Å²) in [4.78, 5) is 78.7. The van der Waals surface area contributed by atoms with Crippen LogP contribution in [0.4, 0.5) is 0 Å². The first kappa shape index (κ1) is 20.9. The van der Waals surface area contributed by atoms with E-state index in [0.29, 0.717) is 0 Å². The number of carbonyl (C=O) groups excluding carboxylic acids is 6. The lowest BCUT2D eigenvalue weighted by molar-refractivity contribution is -0.196. The van der Waals surface area contributed by atoms with E-state index in [1.165, 1.54) is 0 Å². The van der Waals surface area contributed by atoms with E-state index in [1.54, 1.807) is 0 Å². The highest BCUT2D eigenvalue weighted by Gasteiger charge is 2.81. The van der Waals surface area contributed by atoms with Crippen molar-refractivity contribution in [1.29, 1.82) is 0 Å². The fraction of sp³-hybridized carbons (Fsp3) is 0.684. The Morgan fingerprint density at radius 1 is 0.552 bits per heavy atom. The molecule has 4 aliphatic rings. The first-order valence-corrected chi connectivity index (χ1v) is 9.00. The highest BCUT2D eigenvalue weighted by molar-refractivity contribution is 6.25. The summed E-state index contributed by atoms with van der Waals surface area (Å²) in [5.41, 5.74) is -8.05. The average Bonchev–Trinajstić information content (AvgIpc) is 2.87. The quantitative estimate of drug-likeness (QED) is 0.346. The Morgan fingerprint density at radius 2 is 0.793 bits per heavy atom. The van der Waals surface area contributed by atoms with Gasteiger partial charge in [0.15, 0.2) is 11.6 Å². The van der Waals surface area contributed by atoms with Crippen LogP contribution in [-0.4, -0.2) is 63.9 Å². The molecule has 4 atom stereocenters. The third kappa shape index (κ3) is 2.22. The Balaban J connectivity index is 2.43. The second-order valence-corrected chi connectivity index (χ2v) is 7.98. The van der Waals surface area contributed by atoms with Gasteiger partial charge < -0.3 is 18.9 Å². The number of fused-ring (bicyclic) bond motifs is 1. The normalized spacial score (nSPS) is 37.5. The molecule has 0 aromatic rings. The van der Waals surface area contributed by atoms with Crippen LogP contribution in [0, 0.1) is 21.7 Å². The standard InChI is InChI=1S/C19H22O10/c1-26-12(22)16-5-6-17(13(23)27-2)8-19(10(16)20,15(25)29-4)9-18(7-16,11(17)21)14(24)28-3/h5-9H2,1-4H3/t16-,17+,18-,19-/m1/s1. The van der Waals surface area contributed by atoms with E-state index in [2.05, 4.69) is 0 Å². The van der Waals surface area contributed by atoms with Crippen LogP contribution in [0.5, 0.6) is 0 Å². The van der Waals surface area contributed by atoms with Gasteiger partial charge >= 0.3 is 23.9 Å². The molecule has 0 spiro atoms.